The Hall–Kier alpha value is -2.99. The average molecular weight is 473 g/mol. The Morgan fingerprint density at radius 2 is 1.81 bits per heavy atom. The quantitative estimate of drug-likeness (QED) is 0.184. The molecule has 1 aromatic rings. The molecule has 1 amide bonds. The number of hydrogen-bond donors (Lipinski definition) is 5. The number of sulfonamides is 1. The molecule has 0 aliphatic rings. The van der Waals surface area contributed by atoms with Crippen LogP contribution in [-0.2, 0) is 24.4 Å². The Labute approximate surface area is 185 Å². The summed E-state index contributed by atoms with van der Waals surface area (Å²) >= 11 is 0. The van der Waals surface area contributed by atoms with Gasteiger partial charge in [-0.1, -0.05) is 19.8 Å². The standard InChI is InChI=1S/C20H28N2O9S/c1-2-5-13(19(27)22-14(12-23)10-18(25)26)6-3-4-9-21-32(30,31)15-7-8-17(24)16(11-15)20(28)29/h7-8,11-14,21,24H,2-6,9-10H2,1H3,(H,22,27)(H,25,26)(H,28,29)/t13?,14-/m0/s1. The highest BCUT2D eigenvalue weighted by Gasteiger charge is 2.22. The molecular formula is C20H28N2O9S. The van der Waals surface area contributed by atoms with Gasteiger partial charge in [0.25, 0.3) is 0 Å². The molecule has 0 aromatic heterocycles. The first-order valence-corrected chi connectivity index (χ1v) is 11.5. The van der Waals surface area contributed by atoms with Crippen molar-refractivity contribution in [1.29, 1.82) is 0 Å². The Kier molecular flexibility index (Phi) is 10.8. The van der Waals surface area contributed by atoms with Crippen molar-refractivity contribution in [1.82, 2.24) is 10.0 Å². The molecule has 178 valence electrons. The maximum atomic E-state index is 12.4. The molecule has 1 rings (SSSR count). The van der Waals surface area contributed by atoms with Gasteiger partial charge >= 0.3 is 11.9 Å². The summed E-state index contributed by atoms with van der Waals surface area (Å²) in [5.41, 5.74) is -0.530. The van der Waals surface area contributed by atoms with Crippen LogP contribution in [-0.4, -0.2) is 60.5 Å². The number of nitrogens with one attached hydrogen (secondary N) is 2. The number of carboxylic acid groups (broad SMARTS) is 2. The lowest BCUT2D eigenvalue weighted by Crippen LogP contribution is -2.41. The second kappa shape index (κ2) is 12.8. The minimum atomic E-state index is -3.99. The lowest BCUT2D eigenvalue weighted by Gasteiger charge is -2.18. The van der Waals surface area contributed by atoms with Gasteiger partial charge in [0.05, 0.1) is 17.4 Å². The van der Waals surface area contributed by atoms with Gasteiger partial charge < -0.3 is 25.4 Å². The fraction of sp³-hybridized carbons (Fsp3) is 0.500. The van der Waals surface area contributed by atoms with E-state index in [2.05, 4.69) is 10.0 Å². The summed E-state index contributed by atoms with van der Waals surface area (Å²) in [7, 11) is -3.99. The summed E-state index contributed by atoms with van der Waals surface area (Å²) in [5, 5.41) is 29.7. The maximum Gasteiger partial charge on any atom is 0.339 e. The van der Waals surface area contributed by atoms with Crippen LogP contribution in [0.15, 0.2) is 23.1 Å². The Morgan fingerprint density at radius 1 is 1.12 bits per heavy atom. The Balaban J connectivity index is 2.59. The number of aliphatic carboxylic acids is 1. The van der Waals surface area contributed by atoms with Gasteiger partial charge in [-0.3, -0.25) is 9.59 Å². The van der Waals surface area contributed by atoms with E-state index in [1.54, 1.807) is 0 Å². The van der Waals surface area contributed by atoms with Gasteiger partial charge in [-0.2, -0.15) is 0 Å². The normalized spacial score (nSPS) is 13.2. The number of aromatic carboxylic acids is 1. The number of carbonyl (C=O) groups excluding carboxylic acids is 2. The second-order valence-corrected chi connectivity index (χ2v) is 8.98. The molecule has 0 fully saturated rings. The summed E-state index contributed by atoms with van der Waals surface area (Å²) in [6.07, 6.45) is 2.40. The molecule has 11 nitrogen and oxygen atoms in total. The molecule has 0 bridgehead atoms. The van der Waals surface area contributed by atoms with Crippen LogP contribution in [0.5, 0.6) is 5.75 Å². The third kappa shape index (κ3) is 8.63. The largest absolute Gasteiger partial charge is 0.507 e. The lowest BCUT2D eigenvalue weighted by molar-refractivity contribution is -0.139. The molecule has 0 spiro atoms. The van der Waals surface area contributed by atoms with E-state index in [1.165, 1.54) is 0 Å². The molecule has 12 heteroatoms. The van der Waals surface area contributed by atoms with Crippen LogP contribution < -0.4 is 10.0 Å². The maximum absolute atomic E-state index is 12.4. The predicted octanol–water partition coefficient (Wildman–Crippen LogP) is 1.11. The predicted molar refractivity (Wildman–Crippen MR) is 113 cm³/mol. The highest BCUT2D eigenvalue weighted by atomic mass is 32.2. The van der Waals surface area contributed by atoms with Crippen LogP contribution >= 0.6 is 0 Å². The van der Waals surface area contributed by atoms with Crippen LogP contribution in [0, 0.1) is 5.92 Å². The third-order valence-corrected chi connectivity index (χ3v) is 6.13. The van der Waals surface area contributed by atoms with Crippen molar-refractivity contribution >= 4 is 34.2 Å². The summed E-state index contributed by atoms with van der Waals surface area (Å²) in [6.45, 7) is 1.92. The van der Waals surface area contributed by atoms with E-state index in [0.717, 1.165) is 18.2 Å². The van der Waals surface area contributed by atoms with E-state index in [-0.39, 0.29) is 11.4 Å². The summed E-state index contributed by atoms with van der Waals surface area (Å²) in [6, 6.07) is 1.84. The zero-order valence-corrected chi connectivity index (χ0v) is 18.4. The average Bonchev–Trinajstić information content (AvgIpc) is 2.71. The molecule has 0 aliphatic carbocycles. The molecule has 2 atom stereocenters. The van der Waals surface area contributed by atoms with Crippen molar-refractivity contribution in [3.8, 4) is 5.75 Å². The molecule has 0 aliphatic heterocycles. The minimum Gasteiger partial charge on any atom is -0.507 e. The van der Waals surface area contributed by atoms with Gasteiger partial charge in [-0.25, -0.2) is 17.9 Å². The van der Waals surface area contributed by atoms with Gasteiger partial charge in [0.2, 0.25) is 15.9 Å². The minimum absolute atomic E-state index is 0.0437. The topological polar surface area (TPSA) is 187 Å². The number of amides is 1. The van der Waals surface area contributed by atoms with E-state index < -0.39 is 57.6 Å². The van der Waals surface area contributed by atoms with Gasteiger partial charge in [0, 0.05) is 12.5 Å². The lowest BCUT2D eigenvalue weighted by atomic mass is 9.95. The van der Waals surface area contributed by atoms with Crippen molar-refractivity contribution in [3.63, 3.8) is 0 Å². The van der Waals surface area contributed by atoms with Crippen molar-refractivity contribution in [3.05, 3.63) is 23.8 Å². The number of phenols is 1. The molecular weight excluding hydrogens is 444 g/mol. The van der Waals surface area contributed by atoms with Gasteiger partial charge in [-0.05, 0) is 37.5 Å². The van der Waals surface area contributed by atoms with Crippen molar-refractivity contribution < 1.29 is 42.9 Å². The number of carbonyl (C=O) groups is 4. The van der Waals surface area contributed by atoms with Crippen LogP contribution in [0.2, 0.25) is 0 Å². The van der Waals surface area contributed by atoms with E-state index in [1.807, 2.05) is 6.92 Å². The molecule has 1 aromatic carbocycles. The molecule has 0 radical (unpaired) electrons. The smallest absolute Gasteiger partial charge is 0.339 e. The van der Waals surface area contributed by atoms with E-state index in [9.17, 15) is 32.7 Å². The highest BCUT2D eigenvalue weighted by molar-refractivity contribution is 7.89. The summed E-state index contributed by atoms with van der Waals surface area (Å²) in [5.74, 6) is -4.07. The van der Waals surface area contributed by atoms with Gasteiger partial charge in [0.15, 0.2) is 0 Å². The molecule has 0 saturated carbocycles. The van der Waals surface area contributed by atoms with Crippen LogP contribution in [0.25, 0.3) is 0 Å². The highest BCUT2D eigenvalue weighted by Crippen LogP contribution is 2.21. The number of rotatable bonds is 15. The first-order valence-electron chi connectivity index (χ1n) is 10.0. The number of benzene rings is 1. The van der Waals surface area contributed by atoms with Gasteiger partial charge in [0.1, 0.15) is 17.6 Å². The third-order valence-electron chi connectivity index (χ3n) is 4.67. The second-order valence-electron chi connectivity index (χ2n) is 7.21. The van der Waals surface area contributed by atoms with Crippen LogP contribution in [0.1, 0.15) is 55.8 Å². The monoisotopic (exact) mass is 472 g/mol. The fourth-order valence-electron chi connectivity index (χ4n) is 3.04. The summed E-state index contributed by atoms with van der Waals surface area (Å²) in [4.78, 5) is 44.8. The first-order chi connectivity index (χ1) is 15.0. The zero-order valence-electron chi connectivity index (χ0n) is 17.6. The Bertz CT molecular complexity index is 931. The molecule has 1 unspecified atom stereocenters. The number of hydrogen-bond acceptors (Lipinski definition) is 7. The van der Waals surface area contributed by atoms with Crippen molar-refractivity contribution in [2.45, 2.75) is 56.4 Å². The zero-order chi connectivity index (χ0) is 24.3. The first kappa shape index (κ1) is 27.0. The Morgan fingerprint density at radius 3 is 2.38 bits per heavy atom. The molecule has 0 saturated heterocycles. The molecule has 32 heavy (non-hydrogen) atoms. The van der Waals surface area contributed by atoms with Crippen LogP contribution in [0.3, 0.4) is 0 Å². The number of aldehydes is 1. The van der Waals surface area contributed by atoms with E-state index in [4.69, 9.17) is 10.2 Å². The van der Waals surface area contributed by atoms with Crippen LogP contribution in [0.4, 0.5) is 0 Å². The number of aromatic hydroxyl groups is 1. The fourth-order valence-corrected chi connectivity index (χ4v) is 4.14. The summed E-state index contributed by atoms with van der Waals surface area (Å²) < 4.78 is 27.0. The van der Waals surface area contributed by atoms with E-state index >= 15 is 0 Å². The van der Waals surface area contributed by atoms with Crippen molar-refractivity contribution in [2.24, 2.45) is 5.92 Å². The van der Waals surface area contributed by atoms with Gasteiger partial charge in [-0.15, -0.1) is 0 Å². The molecule has 0 heterocycles. The molecule has 5 N–H and O–H groups in total. The number of unbranched alkanes of at least 4 members (excludes halogenated alkanes) is 1. The SMILES string of the molecule is CCCC(CCCCNS(=O)(=O)c1ccc(O)c(C(=O)O)c1)C(=O)N[C@H](C=O)CC(=O)O. The van der Waals surface area contributed by atoms with E-state index in [0.29, 0.717) is 38.4 Å². The van der Waals surface area contributed by atoms with Crippen molar-refractivity contribution in [2.75, 3.05) is 6.54 Å². The number of carboxylic acids is 2.